The third-order valence-electron chi connectivity index (χ3n) is 6.89. The van der Waals surface area contributed by atoms with Gasteiger partial charge < -0.3 is 4.84 Å². The van der Waals surface area contributed by atoms with Crippen molar-refractivity contribution in [2.45, 2.75) is 56.2 Å². The first-order valence-electron chi connectivity index (χ1n) is 12.1. The summed E-state index contributed by atoms with van der Waals surface area (Å²) in [5, 5.41) is 10.7. The number of carbonyl (C=O) groups excluding carboxylic acids is 1. The van der Waals surface area contributed by atoms with Crippen LogP contribution in [0.25, 0.3) is 0 Å². The van der Waals surface area contributed by atoms with Crippen molar-refractivity contribution in [1.82, 2.24) is 19.7 Å². The van der Waals surface area contributed by atoms with Crippen molar-refractivity contribution in [3.63, 3.8) is 0 Å². The smallest absolute Gasteiger partial charge is 0.282 e. The van der Waals surface area contributed by atoms with E-state index in [1.807, 2.05) is 29.6 Å². The van der Waals surface area contributed by atoms with Gasteiger partial charge in [0, 0.05) is 36.7 Å². The number of hydrogen-bond donors (Lipinski definition) is 0. The van der Waals surface area contributed by atoms with Crippen molar-refractivity contribution in [3.8, 4) is 0 Å². The van der Waals surface area contributed by atoms with E-state index in [1.54, 1.807) is 4.90 Å². The molecule has 0 saturated carbocycles. The van der Waals surface area contributed by atoms with Crippen LogP contribution in [0.1, 0.15) is 83.5 Å². The highest BCUT2D eigenvalue weighted by Gasteiger charge is 2.33. The Morgan fingerprint density at radius 3 is 2.61 bits per heavy atom. The number of likely N-dealkylation sites (tertiary alicyclic amines) is 1. The van der Waals surface area contributed by atoms with Crippen LogP contribution in [0, 0.1) is 0 Å². The van der Waals surface area contributed by atoms with E-state index in [1.165, 1.54) is 11.3 Å². The summed E-state index contributed by atoms with van der Waals surface area (Å²) < 4.78 is 53.8. The van der Waals surface area contributed by atoms with E-state index in [0.717, 1.165) is 32.2 Å². The van der Waals surface area contributed by atoms with Gasteiger partial charge in [0.25, 0.3) is 12.9 Å². The number of rotatable bonds is 9. The topological polar surface area (TPSA) is 72.6 Å². The molecule has 1 fully saturated rings. The van der Waals surface area contributed by atoms with Crippen molar-refractivity contribution in [2.75, 3.05) is 13.1 Å². The Bertz CT molecular complexity index is 1310. The Kier molecular flexibility index (Phi) is 8.10. The number of aromatic nitrogens is 3. The number of piperidine rings is 1. The molecule has 2 aromatic heterocycles. The number of nitrogens with zero attached hydrogens (tertiary/aromatic N) is 5. The molecule has 1 saturated heterocycles. The van der Waals surface area contributed by atoms with Gasteiger partial charge in [-0.2, -0.15) is 5.10 Å². The number of halogens is 5. The van der Waals surface area contributed by atoms with Gasteiger partial charge in [-0.05, 0) is 30.0 Å². The Morgan fingerprint density at radius 1 is 1.16 bits per heavy atom. The zero-order valence-electron chi connectivity index (χ0n) is 20.0. The van der Waals surface area contributed by atoms with Gasteiger partial charge in [0.05, 0.1) is 10.7 Å². The zero-order chi connectivity index (χ0) is 26.8. The van der Waals surface area contributed by atoms with Gasteiger partial charge in [-0.1, -0.05) is 29.4 Å². The number of alkyl halides is 5. The molecule has 5 rings (SSSR count). The van der Waals surface area contributed by atoms with Crippen molar-refractivity contribution >= 4 is 34.9 Å². The summed E-state index contributed by atoms with van der Waals surface area (Å²) in [6.45, 7) is 0.799. The Balaban J connectivity index is 1.23. The quantitative estimate of drug-likeness (QED) is 0.169. The number of oxime groups is 1. The van der Waals surface area contributed by atoms with E-state index in [2.05, 4.69) is 10.3 Å². The minimum atomic E-state index is -3.03. The summed E-state index contributed by atoms with van der Waals surface area (Å²) >= 11 is 7.58. The highest BCUT2D eigenvalue weighted by molar-refractivity contribution is 7.10. The van der Waals surface area contributed by atoms with Crippen LogP contribution in [-0.2, 0) is 15.5 Å². The van der Waals surface area contributed by atoms with Crippen LogP contribution in [0.5, 0.6) is 0 Å². The van der Waals surface area contributed by atoms with Crippen LogP contribution in [0.3, 0.4) is 0 Å². The standard InChI is InChI=1S/C25H24ClF4N5O2S/c26-11-15-3-1-2-4-16(15)21-10-17(33-37-21)19-13-38-25(31-19)14-5-7-34(8-6-14)22(12-36)35-20(24(29)30)9-18(32-35)23(27)28/h1-4,9,12-14,21-24H,5-8,10-11H2. The normalized spacial score (nSPS) is 19.7. The number of aldehydes is 1. The molecular formula is C25H24ClF4N5O2S. The fraction of sp³-hybridized carbons (Fsp3) is 0.440. The molecule has 0 radical (unpaired) electrons. The minimum Gasteiger partial charge on any atom is -0.387 e. The van der Waals surface area contributed by atoms with Crippen LogP contribution < -0.4 is 0 Å². The molecule has 0 bridgehead atoms. The maximum Gasteiger partial charge on any atom is 0.282 e. The summed E-state index contributed by atoms with van der Waals surface area (Å²) in [7, 11) is 0. The molecule has 38 heavy (non-hydrogen) atoms. The molecule has 3 aromatic rings. The molecule has 2 aliphatic rings. The molecule has 1 aromatic carbocycles. The Labute approximate surface area is 225 Å². The van der Waals surface area contributed by atoms with E-state index < -0.39 is 30.4 Å². The van der Waals surface area contributed by atoms with Crippen molar-refractivity contribution in [3.05, 3.63) is 68.9 Å². The van der Waals surface area contributed by atoms with Crippen LogP contribution in [0.2, 0.25) is 0 Å². The van der Waals surface area contributed by atoms with E-state index in [0.29, 0.717) is 50.6 Å². The third kappa shape index (κ3) is 5.34. The van der Waals surface area contributed by atoms with E-state index in [4.69, 9.17) is 21.4 Å². The van der Waals surface area contributed by atoms with Crippen LogP contribution in [-0.4, -0.2) is 44.8 Å². The predicted molar refractivity (Wildman–Crippen MR) is 134 cm³/mol. The highest BCUT2D eigenvalue weighted by atomic mass is 35.5. The molecule has 0 amide bonds. The summed E-state index contributed by atoms with van der Waals surface area (Å²) in [6, 6.07) is 8.47. The molecule has 2 aliphatic heterocycles. The summed E-state index contributed by atoms with van der Waals surface area (Å²) in [5.74, 6) is 0.490. The van der Waals surface area contributed by atoms with Crippen LogP contribution in [0.4, 0.5) is 17.6 Å². The number of hydrogen-bond acceptors (Lipinski definition) is 7. The molecule has 0 aliphatic carbocycles. The molecule has 202 valence electrons. The maximum atomic E-state index is 13.5. The van der Waals surface area contributed by atoms with Gasteiger partial charge >= 0.3 is 0 Å². The summed E-state index contributed by atoms with van der Waals surface area (Å²) in [5.41, 5.74) is 2.04. The fourth-order valence-electron chi connectivity index (χ4n) is 4.89. The van der Waals surface area contributed by atoms with E-state index in [9.17, 15) is 22.4 Å². The van der Waals surface area contributed by atoms with E-state index in [-0.39, 0.29) is 12.0 Å². The van der Waals surface area contributed by atoms with Gasteiger partial charge in [-0.25, -0.2) is 27.2 Å². The van der Waals surface area contributed by atoms with Gasteiger partial charge in [-0.15, -0.1) is 22.9 Å². The lowest BCUT2D eigenvalue weighted by Gasteiger charge is -2.35. The fourth-order valence-corrected chi connectivity index (χ4v) is 6.14. The molecule has 0 spiro atoms. The lowest BCUT2D eigenvalue weighted by Crippen LogP contribution is -2.40. The number of benzene rings is 1. The molecule has 2 unspecified atom stereocenters. The number of carbonyl (C=O) groups is 1. The van der Waals surface area contributed by atoms with Gasteiger partial charge in [0.1, 0.15) is 17.1 Å². The largest absolute Gasteiger partial charge is 0.387 e. The van der Waals surface area contributed by atoms with Gasteiger partial charge in [-0.3, -0.25) is 9.69 Å². The molecule has 13 heteroatoms. The molecular weight excluding hydrogens is 546 g/mol. The molecule has 7 nitrogen and oxygen atoms in total. The third-order valence-corrected chi connectivity index (χ3v) is 8.18. The maximum absolute atomic E-state index is 13.5. The average Bonchev–Trinajstić information content (AvgIpc) is 3.69. The van der Waals surface area contributed by atoms with Gasteiger partial charge in [0.15, 0.2) is 18.6 Å². The predicted octanol–water partition coefficient (Wildman–Crippen LogP) is 6.40. The van der Waals surface area contributed by atoms with Gasteiger partial charge in [0.2, 0.25) is 0 Å². The van der Waals surface area contributed by atoms with Crippen molar-refractivity contribution in [1.29, 1.82) is 0 Å². The second-order valence-corrected chi connectivity index (χ2v) is 10.3. The van der Waals surface area contributed by atoms with Crippen molar-refractivity contribution in [2.24, 2.45) is 5.16 Å². The average molecular weight is 570 g/mol. The second kappa shape index (κ2) is 11.5. The van der Waals surface area contributed by atoms with Crippen LogP contribution >= 0.6 is 22.9 Å². The SMILES string of the molecule is O=CC(N1CCC(c2nc(C3=NOC(c4ccccc4CCl)C3)cs2)CC1)n1nc(C(F)F)cc1C(F)F. The zero-order valence-corrected chi connectivity index (χ0v) is 21.6. The lowest BCUT2D eigenvalue weighted by atomic mass is 9.97. The minimum absolute atomic E-state index is 0.108. The highest BCUT2D eigenvalue weighted by Crippen LogP contribution is 2.36. The Morgan fingerprint density at radius 2 is 1.92 bits per heavy atom. The Hall–Kier alpha value is -2.83. The monoisotopic (exact) mass is 569 g/mol. The van der Waals surface area contributed by atoms with E-state index >= 15 is 0 Å². The van der Waals surface area contributed by atoms with Crippen LogP contribution in [0.15, 0.2) is 40.9 Å². The first-order valence-corrected chi connectivity index (χ1v) is 13.5. The molecule has 2 atom stereocenters. The van der Waals surface area contributed by atoms with Crippen molar-refractivity contribution < 1.29 is 27.2 Å². The summed E-state index contributed by atoms with van der Waals surface area (Å²) in [4.78, 5) is 24.0. The summed E-state index contributed by atoms with van der Waals surface area (Å²) in [6.07, 6.45) is -5.16. The molecule has 4 heterocycles. The second-order valence-electron chi connectivity index (χ2n) is 9.14. The lowest BCUT2D eigenvalue weighted by molar-refractivity contribution is -0.116. The first kappa shape index (κ1) is 26.8. The number of thiazole rings is 1. The molecule has 0 N–H and O–H groups in total. The first-order chi connectivity index (χ1) is 18.4.